The van der Waals surface area contributed by atoms with Crippen molar-refractivity contribution in [3.8, 4) is 5.75 Å². The highest BCUT2D eigenvalue weighted by Crippen LogP contribution is 2.36. The minimum Gasteiger partial charge on any atom is -0.493 e. The zero-order valence-electron chi connectivity index (χ0n) is 10.0. The van der Waals surface area contributed by atoms with Gasteiger partial charge in [-0.15, -0.1) is 0 Å². The topological polar surface area (TPSA) is 58.1 Å². The largest absolute Gasteiger partial charge is 0.493 e. The number of hydrogen-bond acceptors (Lipinski definition) is 3. The molecular formula is C14H16N2O2. The van der Waals surface area contributed by atoms with Crippen LogP contribution in [0.5, 0.6) is 5.75 Å². The van der Waals surface area contributed by atoms with Crippen LogP contribution < -0.4 is 4.74 Å². The Balaban J connectivity index is 1.80. The van der Waals surface area contributed by atoms with Gasteiger partial charge in [-0.05, 0) is 18.1 Å². The molecule has 0 aliphatic carbocycles. The molecule has 0 spiro atoms. The van der Waals surface area contributed by atoms with E-state index < -0.39 is 6.10 Å². The maximum Gasteiger partial charge on any atom is 0.122 e. The van der Waals surface area contributed by atoms with E-state index in [9.17, 15) is 5.11 Å². The van der Waals surface area contributed by atoms with E-state index >= 15 is 0 Å². The molecule has 0 fully saturated rings. The maximum absolute atomic E-state index is 10.4. The lowest BCUT2D eigenvalue weighted by Crippen LogP contribution is -2.27. The molecule has 1 aromatic heterocycles. The lowest BCUT2D eigenvalue weighted by molar-refractivity contribution is 0.115. The van der Waals surface area contributed by atoms with Crippen LogP contribution in [0.2, 0.25) is 0 Å². The van der Waals surface area contributed by atoms with Crippen LogP contribution in [0.4, 0.5) is 0 Å². The van der Waals surface area contributed by atoms with E-state index in [0.29, 0.717) is 13.0 Å². The van der Waals surface area contributed by atoms with Crippen molar-refractivity contribution < 1.29 is 9.84 Å². The Morgan fingerprint density at radius 3 is 3.17 bits per heavy atom. The van der Waals surface area contributed by atoms with E-state index in [0.717, 1.165) is 23.6 Å². The van der Waals surface area contributed by atoms with E-state index in [1.807, 2.05) is 24.3 Å². The number of H-pyrrole nitrogens is 1. The fourth-order valence-electron chi connectivity index (χ4n) is 2.52. The predicted octanol–water partition coefficient (Wildman–Crippen LogP) is 1.88. The van der Waals surface area contributed by atoms with E-state index in [-0.39, 0.29) is 5.92 Å². The Morgan fingerprint density at radius 1 is 1.44 bits per heavy atom. The molecule has 2 atom stereocenters. The van der Waals surface area contributed by atoms with Gasteiger partial charge >= 0.3 is 0 Å². The molecule has 4 heteroatoms. The molecule has 2 unspecified atom stereocenters. The van der Waals surface area contributed by atoms with Crippen molar-refractivity contribution in [1.29, 1.82) is 0 Å². The first-order valence-corrected chi connectivity index (χ1v) is 6.22. The third-order valence-electron chi connectivity index (χ3n) is 3.43. The number of para-hydroxylation sites is 1. The first-order chi connectivity index (χ1) is 8.84. The van der Waals surface area contributed by atoms with Crippen molar-refractivity contribution in [3.05, 3.63) is 48.0 Å². The molecule has 0 bridgehead atoms. The molecule has 0 radical (unpaired) electrons. The van der Waals surface area contributed by atoms with Gasteiger partial charge in [0.1, 0.15) is 11.6 Å². The van der Waals surface area contributed by atoms with Crippen molar-refractivity contribution in [3.63, 3.8) is 0 Å². The fraction of sp³-hybridized carbons (Fsp3) is 0.357. The summed E-state index contributed by atoms with van der Waals surface area (Å²) in [7, 11) is 0. The maximum atomic E-state index is 10.4. The van der Waals surface area contributed by atoms with Crippen molar-refractivity contribution >= 4 is 0 Å². The molecule has 2 heterocycles. The van der Waals surface area contributed by atoms with Gasteiger partial charge in [0, 0.05) is 24.7 Å². The van der Waals surface area contributed by atoms with Gasteiger partial charge in [0.25, 0.3) is 0 Å². The molecule has 1 aliphatic heterocycles. The summed E-state index contributed by atoms with van der Waals surface area (Å²) < 4.78 is 5.60. The number of aromatic amines is 1. The molecule has 3 rings (SSSR count). The molecule has 94 valence electrons. The number of hydrogen-bond donors (Lipinski definition) is 2. The Bertz CT molecular complexity index is 510. The van der Waals surface area contributed by atoms with E-state index in [1.165, 1.54) is 0 Å². The van der Waals surface area contributed by atoms with E-state index in [4.69, 9.17) is 4.74 Å². The Labute approximate surface area is 106 Å². The van der Waals surface area contributed by atoms with Crippen LogP contribution in [-0.4, -0.2) is 27.8 Å². The van der Waals surface area contributed by atoms with Crippen LogP contribution in [0.25, 0.3) is 0 Å². The average molecular weight is 244 g/mol. The normalized spacial score (nSPS) is 19.9. The van der Waals surface area contributed by atoms with Gasteiger partial charge in [0.15, 0.2) is 0 Å². The van der Waals surface area contributed by atoms with E-state index in [2.05, 4.69) is 9.97 Å². The van der Waals surface area contributed by atoms with Gasteiger partial charge in [-0.1, -0.05) is 18.2 Å². The van der Waals surface area contributed by atoms with Gasteiger partial charge < -0.3 is 14.8 Å². The number of aromatic nitrogens is 2. The van der Waals surface area contributed by atoms with Crippen LogP contribution in [-0.2, 0) is 6.42 Å². The highest BCUT2D eigenvalue weighted by molar-refractivity contribution is 5.38. The molecule has 2 aromatic rings. The van der Waals surface area contributed by atoms with Gasteiger partial charge in [-0.25, -0.2) is 4.98 Å². The minimum atomic E-state index is -0.429. The Kier molecular flexibility index (Phi) is 3.02. The second-order valence-electron chi connectivity index (χ2n) is 4.59. The number of imidazole rings is 1. The molecule has 0 saturated heterocycles. The van der Waals surface area contributed by atoms with Gasteiger partial charge in [0.05, 0.1) is 12.7 Å². The minimum absolute atomic E-state index is 0.125. The number of aliphatic hydroxyl groups is 1. The summed E-state index contributed by atoms with van der Waals surface area (Å²) in [4.78, 5) is 7.19. The van der Waals surface area contributed by atoms with Gasteiger partial charge in [0.2, 0.25) is 0 Å². The van der Waals surface area contributed by atoms with Crippen molar-refractivity contribution in [2.45, 2.75) is 24.9 Å². The summed E-state index contributed by atoms with van der Waals surface area (Å²) in [6.07, 6.45) is 4.45. The number of ether oxygens (including phenoxy) is 1. The first kappa shape index (κ1) is 11.3. The van der Waals surface area contributed by atoms with Crippen molar-refractivity contribution in [2.75, 3.05) is 6.61 Å². The number of benzene rings is 1. The zero-order valence-corrected chi connectivity index (χ0v) is 10.0. The number of aliphatic hydroxyl groups excluding tert-OH is 1. The first-order valence-electron chi connectivity index (χ1n) is 6.22. The average Bonchev–Trinajstić information content (AvgIpc) is 2.91. The SMILES string of the molecule is OC(Cc1ncc[nH]1)C1CCOc2ccccc21. The summed E-state index contributed by atoms with van der Waals surface area (Å²) >= 11 is 0. The summed E-state index contributed by atoms with van der Waals surface area (Å²) in [6, 6.07) is 7.94. The summed E-state index contributed by atoms with van der Waals surface area (Å²) in [6.45, 7) is 0.664. The quantitative estimate of drug-likeness (QED) is 0.866. The third kappa shape index (κ3) is 2.11. The lowest BCUT2D eigenvalue weighted by Gasteiger charge is -2.29. The highest BCUT2D eigenvalue weighted by Gasteiger charge is 2.27. The molecule has 1 aromatic carbocycles. The Hall–Kier alpha value is -1.81. The lowest BCUT2D eigenvalue weighted by atomic mass is 9.87. The number of fused-ring (bicyclic) bond motifs is 1. The second kappa shape index (κ2) is 4.82. The molecule has 18 heavy (non-hydrogen) atoms. The van der Waals surface area contributed by atoms with Gasteiger partial charge in [-0.3, -0.25) is 0 Å². The molecule has 4 nitrogen and oxygen atoms in total. The van der Waals surface area contributed by atoms with Crippen LogP contribution in [0.15, 0.2) is 36.7 Å². The monoisotopic (exact) mass is 244 g/mol. The summed E-state index contributed by atoms with van der Waals surface area (Å²) in [5, 5.41) is 10.4. The molecule has 2 N–H and O–H groups in total. The van der Waals surface area contributed by atoms with Crippen molar-refractivity contribution in [2.24, 2.45) is 0 Å². The van der Waals surface area contributed by atoms with Crippen LogP contribution >= 0.6 is 0 Å². The fourth-order valence-corrected chi connectivity index (χ4v) is 2.52. The number of nitrogens with zero attached hydrogens (tertiary/aromatic N) is 1. The molecule has 1 aliphatic rings. The summed E-state index contributed by atoms with van der Waals surface area (Å²) in [5.41, 5.74) is 1.10. The van der Waals surface area contributed by atoms with Crippen molar-refractivity contribution in [1.82, 2.24) is 9.97 Å². The number of nitrogens with one attached hydrogen (secondary N) is 1. The smallest absolute Gasteiger partial charge is 0.122 e. The van der Waals surface area contributed by atoms with Gasteiger partial charge in [-0.2, -0.15) is 0 Å². The van der Waals surface area contributed by atoms with Crippen LogP contribution in [0.1, 0.15) is 23.7 Å². The number of rotatable bonds is 3. The zero-order chi connectivity index (χ0) is 12.4. The predicted molar refractivity (Wildman–Crippen MR) is 67.6 cm³/mol. The third-order valence-corrected chi connectivity index (χ3v) is 3.43. The van der Waals surface area contributed by atoms with E-state index in [1.54, 1.807) is 12.4 Å². The van der Waals surface area contributed by atoms with Crippen LogP contribution in [0, 0.1) is 0 Å². The Morgan fingerprint density at radius 2 is 2.33 bits per heavy atom. The molecule has 0 saturated carbocycles. The highest BCUT2D eigenvalue weighted by atomic mass is 16.5. The molecular weight excluding hydrogens is 228 g/mol. The van der Waals surface area contributed by atoms with Crippen LogP contribution in [0.3, 0.4) is 0 Å². The standard InChI is InChI=1S/C14H16N2O2/c17-12(9-14-15-6-7-16-14)10-5-8-18-13-4-2-1-3-11(10)13/h1-4,6-7,10,12,17H,5,8-9H2,(H,15,16). The molecule has 0 amide bonds. The second-order valence-corrected chi connectivity index (χ2v) is 4.59. The summed E-state index contributed by atoms with van der Waals surface area (Å²) in [5.74, 6) is 1.85.